The minimum absolute atomic E-state index is 0.110. The minimum atomic E-state index is -3.59. The number of hydrogen-bond donors (Lipinski definition) is 2. The fraction of sp³-hybridized carbons (Fsp3) is 0.438. The first-order chi connectivity index (χ1) is 10.5. The van der Waals surface area contributed by atoms with Crippen LogP contribution in [0.2, 0.25) is 0 Å². The van der Waals surface area contributed by atoms with Crippen molar-refractivity contribution in [2.45, 2.75) is 49.6 Å². The summed E-state index contributed by atoms with van der Waals surface area (Å²) in [4.78, 5) is 4.56. The largest absolute Gasteiger partial charge is 0.393 e. The number of hydrogen-bond acceptors (Lipinski definition) is 4. The smallest absolute Gasteiger partial charge is 0.241 e. The molecule has 22 heavy (non-hydrogen) atoms. The highest BCUT2D eigenvalue weighted by atomic mass is 32.2. The summed E-state index contributed by atoms with van der Waals surface area (Å²) >= 11 is 0. The topological polar surface area (TPSA) is 79.3 Å². The van der Waals surface area contributed by atoms with Crippen LogP contribution in [0.25, 0.3) is 10.9 Å². The molecule has 0 atom stereocenters. The van der Waals surface area contributed by atoms with Gasteiger partial charge in [0.1, 0.15) is 0 Å². The quantitative estimate of drug-likeness (QED) is 0.908. The molecule has 118 valence electrons. The first kappa shape index (κ1) is 15.4. The third kappa shape index (κ3) is 2.99. The van der Waals surface area contributed by atoms with E-state index in [9.17, 15) is 13.5 Å². The van der Waals surface area contributed by atoms with E-state index < -0.39 is 10.0 Å². The monoisotopic (exact) mass is 320 g/mol. The molecule has 1 aliphatic carbocycles. The summed E-state index contributed by atoms with van der Waals surface area (Å²) in [5, 5.41) is 10.2. The van der Waals surface area contributed by atoms with Gasteiger partial charge < -0.3 is 5.11 Å². The van der Waals surface area contributed by atoms with Gasteiger partial charge in [-0.05, 0) is 56.4 Å². The predicted molar refractivity (Wildman–Crippen MR) is 85.1 cm³/mol. The lowest BCUT2D eigenvalue weighted by Gasteiger charge is -2.26. The van der Waals surface area contributed by atoms with Crippen LogP contribution in [0.5, 0.6) is 0 Å². The maximum absolute atomic E-state index is 12.7. The molecule has 0 radical (unpaired) electrons. The van der Waals surface area contributed by atoms with Crippen molar-refractivity contribution in [1.82, 2.24) is 9.71 Å². The van der Waals surface area contributed by atoms with Crippen LogP contribution >= 0.6 is 0 Å². The number of aliphatic hydroxyl groups excluding tert-OH is 1. The predicted octanol–water partition coefficient (Wildman–Crippen LogP) is 2.13. The van der Waals surface area contributed by atoms with Crippen molar-refractivity contribution in [3.63, 3.8) is 0 Å². The van der Waals surface area contributed by atoms with Gasteiger partial charge in [0.05, 0.1) is 16.5 Å². The van der Waals surface area contributed by atoms with Gasteiger partial charge in [-0.1, -0.05) is 6.07 Å². The molecule has 1 aromatic carbocycles. The highest BCUT2D eigenvalue weighted by Crippen LogP contribution is 2.26. The van der Waals surface area contributed by atoms with Crippen LogP contribution in [-0.4, -0.2) is 30.7 Å². The van der Waals surface area contributed by atoms with Crippen LogP contribution in [-0.2, 0) is 10.0 Å². The second-order valence-electron chi connectivity index (χ2n) is 5.91. The van der Waals surface area contributed by atoms with Crippen LogP contribution in [0.3, 0.4) is 0 Å². The zero-order chi connectivity index (χ0) is 15.7. The van der Waals surface area contributed by atoms with Crippen molar-refractivity contribution in [3.8, 4) is 0 Å². The molecule has 0 spiro atoms. The van der Waals surface area contributed by atoms with Gasteiger partial charge in [0, 0.05) is 17.6 Å². The summed E-state index contributed by atoms with van der Waals surface area (Å²) < 4.78 is 28.2. The zero-order valence-corrected chi connectivity index (χ0v) is 13.3. The van der Waals surface area contributed by atoms with Crippen LogP contribution in [0.4, 0.5) is 0 Å². The first-order valence-corrected chi connectivity index (χ1v) is 9.00. The number of nitrogens with one attached hydrogen (secondary N) is 1. The molecule has 5 nitrogen and oxygen atoms in total. The number of aryl methyl sites for hydroxylation is 1. The number of rotatable bonds is 3. The normalized spacial score (nSPS) is 22.8. The molecule has 3 rings (SSSR count). The highest BCUT2D eigenvalue weighted by Gasteiger charge is 2.26. The summed E-state index contributed by atoms with van der Waals surface area (Å²) in [6.07, 6.45) is 3.99. The molecular weight excluding hydrogens is 300 g/mol. The fourth-order valence-electron chi connectivity index (χ4n) is 3.00. The SMILES string of the molecule is Cc1ccc(S(=O)(=O)NC2CCC(O)CC2)c2cccnc12. The Morgan fingerprint density at radius 2 is 1.91 bits per heavy atom. The number of aromatic nitrogens is 1. The number of sulfonamides is 1. The first-order valence-electron chi connectivity index (χ1n) is 7.52. The lowest BCUT2D eigenvalue weighted by molar-refractivity contribution is 0.120. The van der Waals surface area contributed by atoms with Crippen LogP contribution < -0.4 is 4.72 Å². The maximum Gasteiger partial charge on any atom is 0.241 e. The number of nitrogens with zero attached hydrogens (tertiary/aromatic N) is 1. The van der Waals surface area contributed by atoms with Gasteiger partial charge in [0.15, 0.2) is 0 Å². The number of benzene rings is 1. The average Bonchev–Trinajstić information content (AvgIpc) is 2.50. The van der Waals surface area contributed by atoms with Gasteiger partial charge >= 0.3 is 0 Å². The van der Waals surface area contributed by atoms with E-state index in [1.165, 1.54) is 0 Å². The molecular formula is C16H20N2O3S. The van der Waals surface area contributed by atoms with Crippen LogP contribution in [0, 0.1) is 6.92 Å². The molecule has 2 aromatic rings. The number of fused-ring (bicyclic) bond motifs is 1. The van der Waals surface area contributed by atoms with Crippen molar-refractivity contribution in [2.24, 2.45) is 0 Å². The van der Waals surface area contributed by atoms with Crippen molar-refractivity contribution in [3.05, 3.63) is 36.0 Å². The van der Waals surface area contributed by atoms with E-state index in [4.69, 9.17) is 0 Å². The van der Waals surface area contributed by atoms with Gasteiger partial charge in [-0.2, -0.15) is 0 Å². The van der Waals surface area contributed by atoms with Crippen molar-refractivity contribution in [2.75, 3.05) is 0 Å². The van der Waals surface area contributed by atoms with Gasteiger partial charge in [-0.3, -0.25) is 4.98 Å². The Balaban J connectivity index is 1.94. The Kier molecular flexibility index (Phi) is 4.16. The Morgan fingerprint density at radius 1 is 1.18 bits per heavy atom. The molecule has 1 saturated carbocycles. The summed E-state index contributed by atoms with van der Waals surface area (Å²) in [7, 11) is -3.59. The van der Waals surface area contributed by atoms with E-state index in [1.807, 2.05) is 6.92 Å². The van der Waals surface area contributed by atoms with E-state index in [0.29, 0.717) is 36.6 Å². The van der Waals surface area contributed by atoms with E-state index in [0.717, 1.165) is 5.56 Å². The van der Waals surface area contributed by atoms with E-state index in [-0.39, 0.29) is 17.0 Å². The molecule has 0 saturated heterocycles. The lowest BCUT2D eigenvalue weighted by Crippen LogP contribution is -2.38. The third-order valence-electron chi connectivity index (χ3n) is 4.24. The van der Waals surface area contributed by atoms with E-state index in [2.05, 4.69) is 9.71 Å². The molecule has 6 heteroatoms. The standard InChI is InChI=1S/C16H20N2O3S/c1-11-4-9-15(14-3-2-10-17-16(11)14)22(20,21)18-12-5-7-13(19)8-6-12/h2-4,9-10,12-13,18-19H,5-8H2,1H3. The highest BCUT2D eigenvalue weighted by molar-refractivity contribution is 7.89. The van der Waals surface area contributed by atoms with Crippen molar-refractivity contribution < 1.29 is 13.5 Å². The fourth-order valence-corrected chi connectivity index (χ4v) is 4.50. The van der Waals surface area contributed by atoms with E-state index >= 15 is 0 Å². The molecule has 0 aliphatic heterocycles. The molecule has 1 heterocycles. The summed E-state index contributed by atoms with van der Waals surface area (Å²) in [6, 6.07) is 6.85. The van der Waals surface area contributed by atoms with Gasteiger partial charge in [-0.15, -0.1) is 0 Å². The summed E-state index contributed by atoms with van der Waals surface area (Å²) in [6.45, 7) is 1.92. The van der Waals surface area contributed by atoms with Crippen molar-refractivity contribution >= 4 is 20.9 Å². The minimum Gasteiger partial charge on any atom is -0.393 e. The van der Waals surface area contributed by atoms with Crippen molar-refractivity contribution in [1.29, 1.82) is 0 Å². The Morgan fingerprint density at radius 3 is 2.64 bits per heavy atom. The molecule has 2 N–H and O–H groups in total. The molecule has 1 fully saturated rings. The number of aliphatic hydroxyl groups is 1. The molecule has 1 aliphatic rings. The molecule has 0 bridgehead atoms. The zero-order valence-electron chi connectivity index (χ0n) is 12.5. The maximum atomic E-state index is 12.7. The Labute approximate surface area is 130 Å². The Hall–Kier alpha value is -1.50. The summed E-state index contributed by atoms with van der Waals surface area (Å²) in [5.74, 6) is 0. The summed E-state index contributed by atoms with van der Waals surface area (Å²) in [5.41, 5.74) is 1.67. The molecule has 1 aromatic heterocycles. The average molecular weight is 320 g/mol. The third-order valence-corrected chi connectivity index (χ3v) is 5.82. The van der Waals surface area contributed by atoms with Gasteiger partial charge in [-0.25, -0.2) is 13.1 Å². The second kappa shape index (κ2) is 5.95. The van der Waals surface area contributed by atoms with Gasteiger partial charge in [0.2, 0.25) is 10.0 Å². The molecule has 0 unspecified atom stereocenters. The van der Waals surface area contributed by atoms with Crippen LogP contribution in [0.15, 0.2) is 35.4 Å². The Bertz CT molecular complexity index is 781. The number of pyridine rings is 1. The lowest BCUT2D eigenvalue weighted by atomic mass is 9.94. The van der Waals surface area contributed by atoms with Crippen LogP contribution in [0.1, 0.15) is 31.2 Å². The van der Waals surface area contributed by atoms with E-state index in [1.54, 1.807) is 30.5 Å². The van der Waals surface area contributed by atoms with Gasteiger partial charge in [0.25, 0.3) is 0 Å². The second-order valence-corrected chi connectivity index (χ2v) is 7.59. The molecule has 0 amide bonds.